The van der Waals surface area contributed by atoms with E-state index in [9.17, 15) is 13.2 Å². The van der Waals surface area contributed by atoms with Crippen LogP contribution in [-0.2, 0) is 21.9 Å². The maximum atomic E-state index is 13.0. The number of anilines is 1. The molecular formula is C25H26N4O3S. The highest BCUT2D eigenvalue weighted by atomic mass is 32.2. The van der Waals surface area contributed by atoms with Crippen molar-refractivity contribution < 1.29 is 13.2 Å². The number of carbonyl (C=O) groups is 1. The van der Waals surface area contributed by atoms with Crippen molar-refractivity contribution in [2.24, 2.45) is 0 Å². The van der Waals surface area contributed by atoms with E-state index in [4.69, 9.17) is 0 Å². The Morgan fingerprint density at radius 2 is 1.76 bits per heavy atom. The normalized spacial score (nSPS) is 12.1. The van der Waals surface area contributed by atoms with E-state index in [0.29, 0.717) is 28.3 Å². The summed E-state index contributed by atoms with van der Waals surface area (Å²) < 4.78 is 27.4. The number of fused-ring (bicyclic) bond motifs is 1. The van der Waals surface area contributed by atoms with Crippen LogP contribution in [0.15, 0.2) is 66.9 Å². The Hall–Kier alpha value is -3.52. The van der Waals surface area contributed by atoms with Crippen molar-refractivity contribution in [2.75, 3.05) is 11.0 Å². The average Bonchev–Trinajstić information content (AvgIpc) is 3.20. The molecule has 0 amide bonds. The molecule has 0 unspecified atom stereocenters. The van der Waals surface area contributed by atoms with Crippen molar-refractivity contribution in [3.8, 4) is 11.3 Å². The molecular weight excluding hydrogens is 436 g/mol. The van der Waals surface area contributed by atoms with Crippen molar-refractivity contribution >= 4 is 27.1 Å². The van der Waals surface area contributed by atoms with Crippen LogP contribution in [0.2, 0.25) is 0 Å². The zero-order chi connectivity index (χ0) is 23.8. The lowest BCUT2D eigenvalue weighted by molar-refractivity contribution is 0.0992. The number of hydrogen-bond donors (Lipinski definition) is 1. The summed E-state index contributed by atoms with van der Waals surface area (Å²) in [5, 5.41) is 4.34. The molecule has 1 N–H and O–H groups in total. The molecule has 8 heteroatoms. The van der Waals surface area contributed by atoms with E-state index in [-0.39, 0.29) is 17.6 Å². The molecule has 0 saturated heterocycles. The highest BCUT2D eigenvalue weighted by Gasteiger charge is 2.16. The largest absolute Gasteiger partial charge is 0.294 e. The third kappa shape index (κ3) is 5.28. The lowest BCUT2D eigenvalue weighted by atomic mass is 9.86. The van der Waals surface area contributed by atoms with Crippen LogP contribution >= 0.6 is 0 Å². The Balaban J connectivity index is 1.67. The lowest BCUT2D eigenvalue weighted by Gasteiger charge is -2.19. The zero-order valence-electron chi connectivity index (χ0n) is 19.0. The Kier molecular flexibility index (Phi) is 5.80. The van der Waals surface area contributed by atoms with Gasteiger partial charge in [-0.1, -0.05) is 57.2 Å². The summed E-state index contributed by atoms with van der Waals surface area (Å²) >= 11 is 0. The molecule has 0 radical (unpaired) electrons. The second-order valence-electron chi connectivity index (χ2n) is 9.12. The number of benzene rings is 2. The standard InChI is InChI=1S/C25H26N4O3S/c1-25(2,3)19-10-8-17(9-11-19)23(30)16-21-15-22(29-24(27-21)12-13-26-29)18-6-5-7-20(14-18)28-33(4,31)32/h5-15,28H,16H2,1-4H3. The molecule has 4 aromatic rings. The third-order valence-electron chi connectivity index (χ3n) is 5.29. The van der Waals surface area contributed by atoms with Gasteiger partial charge in [-0.2, -0.15) is 5.10 Å². The van der Waals surface area contributed by atoms with Gasteiger partial charge in [0.1, 0.15) is 0 Å². The Labute approximate surface area is 193 Å². The van der Waals surface area contributed by atoms with Crippen LogP contribution in [0.25, 0.3) is 16.9 Å². The van der Waals surface area contributed by atoms with Crippen molar-refractivity contribution in [3.05, 3.63) is 83.7 Å². The molecule has 0 aliphatic rings. The first kappa shape index (κ1) is 22.7. The summed E-state index contributed by atoms with van der Waals surface area (Å²) in [6.45, 7) is 6.41. The molecule has 2 aromatic heterocycles. The Bertz CT molecular complexity index is 1430. The first-order chi connectivity index (χ1) is 15.5. The number of nitrogens with zero attached hydrogens (tertiary/aromatic N) is 3. The second kappa shape index (κ2) is 8.44. The molecule has 0 saturated carbocycles. The van der Waals surface area contributed by atoms with Crippen molar-refractivity contribution in [1.82, 2.24) is 14.6 Å². The van der Waals surface area contributed by atoms with E-state index in [1.54, 1.807) is 35.0 Å². The van der Waals surface area contributed by atoms with E-state index in [0.717, 1.165) is 11.8 Å². The molecule has 4 rings (SSSR count). The second-order valence-corrected chi connectivity index (χ2v) is 10.9. The van der Waals surface area contributed by atoms with Crippen LogP contribution in [0, 0.1) is 0 Å². The highest BCUT2D eigenvalue weighted by Crippen LogP contribution is 2.26. The average molecular weight is 463 g/mol. The van der Waals surface area contributed by atoms with Crippen LogP contribution in [0.1, 0.15) is 42.4 Å². The number of aromatic nitrogens is 3. The predicted molar refractivity (Wildman–Crippen MR) is 130 cm³/mol. The van der Waals surface area contributed by atoms with E-state index < -0.39 is 10.0 Å². The van der Waals surface area contributed by atoms with Gasteiger partial charge in [0, 0.05) is 22.9 Å². The predicted octanol–water partition coefficient (Wildman–Crippen LogP) is 4.49. The minimum absolute atomic E-state index is 0.0194. The third-order valence-corrected chi connectivity index (χ3v) is 5.90. The van der Waals surface area contributed by atoms with Crippen LogP contribution in [-0.4, -0.2) is 35.1 Å². The minimum atomic E-state index is -3.40. The number of Topliss-reactive ketones (excluding diaryl/α,β-unsaturated/α-hetero) is 1. The molecule has 0 bridgehead atoms. The molecule has 0 aliphatic heterocycles. The van der Waals surface area contributed by atoms with E-state index in [1.807, 2.05) is 36.4 Å². The number of hydrogen-bond acceptors (Lipinski definition) is 5. The monoisotopic (exact) mass is 462 g/mol. The summed E-state index contributed by atoms with van der Waals surface area (Å²) in [4.78, 5) is 17.6. The van der Waals surface area contributed by atoms with Crippen molar-refractivity contribution in [3.63, 3.8) is 0 Å². The molecule has 170 valence electrons. The van der Waals surface area contributed by atoms with Gasteiger partial charge in [-0.05, 0) is 29.2 Å². The fourth-order valence-electron chi connectivity index (χ4n) is 3.64. The topological polar surface area (TPSA) is 93.4 Å². The van der Waals surface area contributed by atoms with Crippen LogP contribution in [0.3, 0.4) is 0 Å². The SMILES string of the molecule is CC(C)(C)c1ccc(C(=O)Cc2cc(-c3cccc(NS(C)(=O)=O)c3)n3nccc3n2)cc1. The zero-order valence-corrected chi connectivity index (χ0v) is 19.8. The van der Waals surface area contributed by atoms with Gasteiger partial charge in [-0.25, -0.2) is 17.9 Å². The molecule has 0 aliphatic carbocycles. The molecule has 2 aromatic carbocycles. The molecule has 0 atom stereocenters. The van der Waals surface area contributed by atoms with Crippen molar-refractivity contribution in [1.29, 1.82) is 0 Å². The van der Waals surface area contributed by atoms with E-state index >= 15 is 0 Å². The molecule has 2 heterocycles. The summed E-state index contributed by atoms with van der Waals surface area (Å²) in [6, 6.07) is 18.3. The van der Waals surface area contributed by atoms with Gasteiger partial charge in [0.2, 0.25) is 10.0 Å². The lowest BCUT2D eigenvalue weighted by Crippen LogP contribution is -2.12. The number of rotatable bonds is 6. The van der Waals surface area contributed by atoms with E-state index in [2.05, 4.69) is 35.6 Å². The molecule has 7 nitrogen and oxygen atoms in total. The van der Waals surface area contributed by atoms with Gasteiger partial charge >= 0.3 is 0 Å². The summed E-state index contributed by atoms with van der Waals surface area (Å²) in [7, 11) is -3.40. The number of nitrogens with one attached hydrogen (secondary N) is 1. The van der Waals surface area contributed by atoms with E-state index in [1.165, 1.54) is 5.56 Å². The van der Waals surface area contributed by atoms with Crippen LogP contribution < -0.4 is 4.72 Å². The molecule has 33 heavy (non-hydrogen) atoms. The number of sulfonamides is 1. The van der Waals surface area contributed by atoms with Crippen LogP contribution in [0.5, 0.6) is 0 Å². The first-order valence-electron chi connectivity index (χ1n) is 10.6. The first-order valence-corrected chi connectivity index (χ1v) is 12.4. The fraction of sp³-hybridized carbons (Fsp3) is 0.240. The smallest absolute Gasteiger partial charge is 0.229 e. The van der Waals surface area contributed by atoms with Gasteiger partial charge in [-0.3, -0.25) is 9.52 Å². The van der Waals surface area contributed by atoms with Gasteiger partial charge < -0.3 is 0 Å². The number of carbonyl (C=O) groups excluding carboxylic acids is 1. The maximum Gasteiger partial charge on any atom is 0.229 e. The Morgan fingerprint density at radius 1 is 1.03 bits per heavy atom. The Morgan fingerprint density at radius 3 is 2.42 bits per heavy atom. The van der Waals surface area contributed by atoms with Gasteiger partial charge in [-0.15, -0.1) is 0 Å². The maximum absolute atomic E-state index is 13.0. The number of ketones is 1. The van der Waals surface area contributed by atoms with Gasteiger partial charge in [0.25, 0.3) is 0 Å². The minimum Gasteiger partial charge on any atom is -0.294 e. The fourth-order valence-corrected chi connectivity index (χ4v) is 4.20. The quantitative estimate of drug-likeness (QED) is 0.426. The molecule has 0 fully saturated rings. The summed E-state index contributed by atoms with van der Waals surface area (Å²) in [5.74, 6) is -0.0229. The van der Waals surface area contributed by atoms with Gasteiger partial charge in [0.15, 0.2) is 11.4 Å². The summed E-state index contributed by atoms with van der Waals surface area (Å²) in [6.07, 6.45) is 2.89. The van der Waals surface area contributed by atoms with Crippen LogP contribution in [0.4, 0.5) is 5.69 Å². The highest BCUT2D eigenvalue weighted by molar-refractivity contribution is 7.92. The summed E-state index contributed by atoms with van der Waals surface area (Å²) in [5.41, 5.74) is 4.97. The van der Waals surface area contributed by atoms with Gasteiger partial charge in [0.05, 0.1) is 30.3 Å². The molecule has 0 spiro atoms. The van der Waals surface area contributed by atoms with Crippen molar-refractivity contribution in [2.45, 2.75) is 32.6 Å².